The number of urea groups is 1. The second kappa shape index (κ2) is 8.06. The molecule has 1 aliphatic rings. The van der Waals surface area contributed by atoms with Gasteiger partial charge in [-0.15, -0.1) is 0 Å². The minimum absolute atomic E-state index is 0.103. The molecule has 3 rings (SSSR count). The van der Waals surface area contributed by atoms with Gasteiger partial charge in [-0.25, -0.2) is 4.79 Å². The number of benzene rings is 1. The number of amides is 2. The molecule has 2 N–H and O–H groups in total. The lowest BCUT2D eigenvalue weighted by Gasteiger charge is -2.19. The molecule has 0 saturated carbocycles. The van der Waals surface area contributed by atoms with Crippen LogP contribution in [-0.4, -0.2) is 41.5 Å². The van der Waals surface area contributed by atoms with Crippen LogP contribution in [0, 0.1) is 0 Å². The molecule has 128 valence electrons. The van der Waals surface area contributed by atoms with E-state index < -0.39 is 0 Å². The Hall–Kier alpha value is -2.21. The van der Waals surface area contributed by atoms with Crippen molar-refractivity contribution in [1.82, 2.24) is 20.4 Å². The van der Waals surface area contributed by atoms with Crippen LogP contribution in [-0.2, 0) is 6.54 Å². The highest BCUT2D eigenvalue weighted by atomic mass is 35.5. The zero-order valence-corrected chi connectivity index (χ0v) is 14.2. The van der Waals surface area contributed by atoms with Gasteiger partial charge in [-0.05, 0) is 37.1 Å². The molecule has 0 bridgehead atoms. The van der Waals surface area contributed by atoms with Crippen molar-refractivity contribution in [3.8, 4) is 0 Å². The predicted molar refractivity (Wildman–Crippen MR) is 95.4 cm³/mol. The molecule has 2 aromatic rings. The molecule has 0 radical (unpaired) electrons. The average Bonchev–Trinajstić information content (AvgIpc) is 3.23. The Bertz CT molecular complexity index is 661. The molecule has 1 aliphatic heterocycles. The van der Waals surface area contributed by atoms with E-state index in [1.54, 1.807) is 6.20 Å². The van der Waals surface area contributed by atoms with Gasteiger partial charge in [-0.1, -0.05) is 17.7 Å². The highest BCUT2D eigenvalue weighted by Gasteiger charge is 2.24. The Kier molecular flexibility index (Phi) is 5.59. The van der Waals surface area contributed by atoms with Crippen molar-refractivity contribution < 1.29 is 4.79 Å². The maximum absolute atomic E-state index is 12.0. The number of carbonyl (C=O) groups excluding carboxylic acids is 1. The van der Waals surface area contributed by atoms with Gasteiger partial charge in [-0.2, -0.15) is 5.10 Å². The van der Waals surface area contributed by atoms with Crippen LogP contribution in [0.25, 0.3) is 0 Å². The van der Waals surface area contributed by atoms with E-state index in [1.165, 1.54) is 0 Å². The third-order valence-corrected chi connectivity index (χ3v) is 4.34. The molecule has 7 heteroatoms. The van der Waals surface area contributed by atoms with Crippen LogP contribution in [0.15, 0.2) is 42.7 Å². The van der Waals surface area contributed by atoms with Crippen molar-refractivity contribution in [2.45, 2.75) is 25.4 Å². The van der Waals surface area contributed by atoms with Crippen LogP contribution in [0.4, 0.5) is 10.5 Å². The fourth-order valence-corrected chi connectivity index (χ4v) is 3.08. The second-order valence-electron chi connectivity index (χ2n) is 5.93. The van der Waals surface area contributed by atoms with Crippen molar-refractivity contribution in [2.75, 3.05) is 24.5 Å². The number of hydrogen-bond donors (Lipinski definition) is 2. The van der Waals surface area contributed by atoms with Gasteiger partial charge in [0.15, 0.2) is 0 Å². The zero-order valence-electron chi connectivity index (χ0n) is 13.5. The van der Waals surface area contributed by atoms with Crippen molar-refractivity contribution in [1.29, 1.82) is 0 Å². The summed E-state index contributed by atoms with van der Waals surface area (Å²) in [5.74, 6) is 0. The number of aryl methyl sites for hydroxylation is 1. The topological polar surface area (TPSA) is 62.2 Å². The number of rotatable bonds is 6. The van der Waals surface area contributed by atoms with E-state index in [0.717, 1.165) is 43.2 Å². The Morgan fingerprint density at radius 2 is 2.29 bits per heavy atom. The highest BCUT2D eigenvalue weighted by Crippen LogP contribution is 2.23. The van der Waals surface area contributed by atoms with Crippen LogP contribution in [0.1, 0.15) is 12.8 Å². The number of nitrogens with zero attached hydrogens (tertiary/aromatic N) is 3. The van der Waals surface area contributed by atoms with E-state index in [9.17, 15) is 4.79 Å². The molecule has 1 atom stereocenters. The van der Waals surface area contributed by atoms with E-state index >= 15 is 0 Å². The van der Waals surface area contributed by atoms with E-state index in [-0.39, 0.29) is 12.1 Å². The van der Waals surface area contributed by atoms with Crippen molar-refractivity contribution in [3.63, 3.8) is 0 Å². The molecule has 1 aromatic carbocycles. The van der Waals surface area contributed by atoms with Gasteiger partial charge in [0.05, 0.1) is 0 Å². The Morgan fingerprint density at radius 3 is 3.08 bits per heavy atom. The lowest BCUT2D eigenvalue weighted by atomic mass is 10.3. The van der Waals surface area contributed by atoms with Gasteiger partial charge < -0.3 is 15.5 Å². The average molecular weight is 348 g/mol. The minimum Gasteiger partial charge on any atom is -0.369 e. The summed E-state index contributed by atoms with van der Waals surface area (Å²) in [6, 6.07) is 9.77. The maximum Gasteiger partial charge on any atom is 0.315 e. The molecule has 6 nitrogen and oxygen atoms in total. The Morgan fingerprint density at radius 1 is 1.38 bits per heavy atom. The van der Waals surface area contributed by atoms with Gasteiger partial charge in [0, 0.05) is 55.3 Å². The monoisotopic (exact) mass is 347 g/mol. The van der Waals surface area contributed by atoms with E-state index in [2.05, 4.69) is 20.6 Å². The van der Waals surface area contributed by atoms with Crippen LogP contribution in [0.3, 0.4) is 0 Å². The quantitative estimate of drug-likeness (QED) is 0.789. The van der Waals surface area contributed by atoms with Gasteiger partial charge in [0.1, 0.15) is 0 Å². The fourth-order valence-electron chi connectivity index (χ4n) is 2.90. The van der Waals surface area contributed by atoms with Crippen molar-refractivity contribution >= 4 is 23.3 Å². The van der Waals surface area contributed by atoms with Crippen LogP contribution in [0.5, 0.6) is 0 Å². The molecular formula is C17H22ClN5O. The van der Waals surface area contributed by atoms with Crippen LogP contribution < -0.4 is 15.5 Å². The summed E-state index contributed by atoms with van der Waals surface area (Å²) < 4.78 is 1.86. The van der Waals surface area contributed by atoms with Crippen LogP contribution in [0.2, 0.25) is 5.02 Å². The summed E-state index contributed by atoms with van der Waals surface area (Å²) in [6.45, 7) is 3.17. The zero-order chi connectivity index (χ0) is 16.8. The standard InChI is InChI=1S/C17H22ClN5O/c18-14-4-1-5-16(12-14)22-11-6-15(13-22)21-17(24)19-7-2-9-23-10-3-8-20-23/h1,3-5,8,10,12,15H,2,6-7,9,11,13H2,(H2,19,21,24)/t15-/m0/s1. The summed E-state index contributed by atoms with van der Waals surface area (Å²) in [5.41, 5.74) is 1.10. The second-order valence-corrected chi connectivity index (χ2v) is 6.37. The molecule has 0 aliphatic carbocycles. The van der Waals surface area contributed by atoms with Crippen molar-refractivity contribution in [2.24, 2.45) is 0 Å². The highest BCUT2D eigenvalue weighted by molar-refractivity contribution is 6.30. The summed E-state index contributed by atoms with van der Waals surface area (Å²) in [6.07, 6.45) is 5.47. The van der Waals surface area contributed by atoms with Crippen LogP contribution >= 0.6 is 11.6 Å². The molecule has 24 heavy (non-hydrogen) atoms. The first-order chi connectivity index (χ1) is 11.7. The largest absolute Gasteiger partial charge is 0.369 e. The first kappa shape index (κ1) is 16.6. The first-order valence-corrected chi connectivity index (χ1v) is 8.61. The number of anilines is 1. The number of nitrogens with one attached hydrogen (secondary N) is 2. The summed E-state index contributed by atoms with van der Waals surface area (Å²) in [7, 11) is 0. The molecule has 0 spiro atoms. The lowest BCUT2D eigenvalue weighted by Crippen LogP contribution is -2.43. The molecule has 1 aromatic heterocycles. The van der Waals surface area contributed by atoms with Gasteiger partial charge in [-0.3, -0.25) is 4.68 Å². The van der Waals surface area contributed by atoms with Crippen molar-refractivity contribution in [3.05, 3.63) is 47.7 Å². The maximum atomic E-state index is 12.0. The number of aromatic nitrogens is 2. The number of halogens is 1. The Balaban J connectivity index is 1.36. The summed E-state index contributed by atoms with van der Waals surface area (Å²) >= 11 is 6.04. The third kappa shape index (κ3) is 4.64. The van der Waals surface area contributed by atoms with E-state index in [1.807, 2.05) is 41.2 Å². The molecule has 2 amide bonds. The SMILES string of the molecule is O=C(NCCCn1cccn1)N[C@H]1CCN(c2cccc(Cl)c2)C1. The molecule has 0 unspecified atom stereocenters. The number of hydrogen-bond acceptors (Lipinski definition) is 3. The normalized spacial score (nSPS) is 17.0. The smallest absolute Gasteiger partial charge is 0.315 e. The molecule has 2 heterocycles. The first-order valence-electron chi connectivity index (χ1n) is 8.23. The summed E-state index contributed by atoms with van der Waals surface area (Å²) in [4.78, 5) is 14.2. The third-order valence-electron chi connectivity index (χ3n) is 4.11. The molecule has 1 saturated heterocycles. The molecular weight excluding hydrogens is 326 g/mol. The minimum atomic E-state index is -0.103. The van der Waals surface area contributed by atoms with E-state index in [0.29, 0.717) is 6.54 Å². The number of carbonyl (C=O) groups is 1. The predicted octanol–water partition coefficient (Wildman–Crippen LogP) is 2.50. The molecule has 1 fully saturated rings. The van der Waals surface area contributed by atoms with E-state index in [4.69, 9.17) is 11.6 Å². The lowest BCUT2D eigenvalue weighted by molar-refractivity contribution is 0.237. The van der Waals surface area contributed by atoms with Gasteiger partial charge >= 0.3 is 6.03 Å². The summed E-state index contributed by atoms with van der Waals surface area (Å²) in [5, 5.41) is 10.8. The van der Waals surface area contributed by atoms with Gasteiger partial charge in [0.2, 0.25) is 0 Å². The Labute approximate surface area is 146 Å². The fraction of sp³-hybridized carbons (Fsp3) is 0.412. The van der Waals surface area contributed by atoms with Gasteiger partial charge in [0.25, 0.3) is 0 Å².